The average Bonchev–Trinajstić information content (AvgIpc) is 3.09. The topological polar surface area (TPSA) is 46.3 Å². The predicted octanol–water partition coefficient (Wildman–Crippen LogP) is 2.93. The molecular weight excluding hydrogens is 256 g/mol. The van der Waals surface area contributed by atoms with Crippen molar-refractivity contribution < 1.29 is 4.79 Å². The van der Waals surface area contributed by atoms with Crippen LogP contribution in [0.5, 0.6) is 0 Å². The molecule has 0 spiro atoms. The smallest absolute Gasteiger partial charge is 0.223 e. The second kappa shape index (κ2) is 5.63. The summed E-state index contributed by atoms with van der Waals surface area (Å²) in [6, 6.07) is 2.71. The molecule has 2 fully saturated rings. The van der Waals surface area contributed by atoms with Gasteiger partial charge in [0.25, 0.3) is 0 Å². The Morgan fingerprint density at radius 2 is 2.26 bits per heavy atom. The molecule has 1 unspecified atom stereocenters. The van der Waals surface area contributed by atoms with Gasteiger partial charge in [0, 0.05) is 19.0 Å². The molecule has 3 rings (SSSR count). The molecule has 1 aromatic heterocycles. The zero-order chi connectivity index (χ0) is 13.2. The van der Waals surface area contributed by atoms with E-state index < -0.39 is 0 Å². The van der Waals surface area contributed by atoms with Crippen molar-refractivity contribution in [1.29, 1.82) is 0 Å². The highest BCUT2D eigenvalue weighted by Gasteiger charge is 2.33. The summed E-state index contributed by atoms with van der Waals surface area (Å²) in [7, 11) is 0. The maximum atomic E-state index is 12.5. The number of nitrogens with two attached hydrogens (primary N) is 1. The summed E-state index contributed by atoms with van der Waals surface area (Å²) in [6.45, 7) is 0.918. The Kier molecular flexibility index (Phi) is 3.89. The van der Waals surface area contributed by atoms with Crippen LogP contribution in [0.4, 0.5) is 0 Å². The van der Waals surface area contributed by atoms with Gasteiger partial charge in [-0.25, -0.2) is 0 Å². The minimum Gasteiger partial charge on any atom is -0.336 e. The lowest BCUT2D eigenvalue weighted by atomic mass is 9.99. The van der Waals surface area contributed by atoms with Crippen LogP contribution in [0.3, 0.4) is 0 Å². The molecule has 3 atom stereocenters. The highest BCUT2D eigenvalue weighted by atomic mass is 32.1. The van der Waals surface area contributed by atoms with Gasteiger partial charge in [-0.1, -0.05) is 6.42 Å². The standard InChI is InChI=1S/C15H22N2OS/c16-13-4-1-3-11(13)9-15(18)17-7-2-5-14(17)12-6-8-19-10-12/h6,8,10-11,13-14H,1-5,7,9,16H2/t11-,13+,14?/m0/s1. The molecular formula is C15H22N2OS. The van der Waals surface area contributed by atoms with Crippen LogP contribution in [0.25, 0.3) is 0 Å². The van der Waals surface area contributed by atoms with Gasteiger partial charge in [-0.05, 0) is 54.0 Å². The number of amides is 1. The van der Waals surface area contributed by atoms with Crippen LogP contribution in [0.1, 0.15) is 50.1 Å². The van der Waals surface area contributed by atoms with Gasteiger partial charge in [-0.2, -0.15) is 11.3 Å². The minimum atomic E-state index is 0.242. The van der Waals surface area contributed by atoms with Crippen LogP contribution in [0, 0.1) is 5.92 Å². The number of hydrogen-bond acceptors (Lipinski definition) is 3. The summed E-state index contributed by atoms with van der Waals surface area (Å²) in [5.41, 5.74) is 7.40. The largest absolute Gasteiger partial charge is 0.336 e. The summed E-state index contributed by atoms with van der Waals surface area (Å²) >= 11 is 1.72. The van der Waals surface area contributed by atoms with Gasteiger partial charge in [0.05, 0.1) is 6.04 Å². The highest BCUT2D eigenvalue weighted by molar-refractivity contribution is 7.07. The molecule has 0 radical (unpaired) electrons. The molecule has 3 nitrogen and oxygen atoms in total. The number of hydrogen-bond donors (Lipinski definition) is 1. The van der Waals surface area contributed by atoms with Crippen molar-refractivity contribution in [3.05, 3.63) is 22.4 Å². The Balaban J connectivity index is 1.65. The van der Waals surface area contributed by atoms with Crippen molar-refractivity contribution in [2.45, 2.75) is 50.6 Å². The summed E-state index contributed by atoms with van der Waals surface area (Å²) in [6.07, 6.45) is 6.30. The fourth-order valence-electron chi connectivity index (χ4n) is 3.54. The number of carbonyl (C=O) groups is 1. The van der Waals surface area contributed by atoms with Gasteiger partial charge in [0.1, 0.15) is 0 Å². The zero-order valence-electron chi connectivity index (χ0n) is 11.3. The van der Waals surface area contributed by atoms with Crippen molar-refractivity contribution >= 4 is 17.2 Å². The Morgan fingerprint density at radius 3 is 2.95 bits per heavy atom. The van der Waals surface area contributed by atoms with Gasteiger partial charge in [0.15, 0.2) is 0 Å². The molecule has 1 aliphatic heterocycles. The summed E-state index contributed by atoms with van der Waals surface area (Å²) in [5, 5.41) is 4.28. The summed E-state index contributed by atoms with van der Waals surface area (Å²) in [5.74, 6) is 0.729. The maximum Gasteiger partial charge on any atom is 0.223 e. The van der Waals surface area contributed by atoms with Gasteiger partial charge in [-0.15, -0.1) is 0 Å². The maximum absolute atomic E-state index is 12.5. The lowest BCUT2D eigenvalue weighted by Crippen LogP contribution is -2.34. The van der Waals surface area contributed by atoms with Crippen LogP contribution in [-0.2, 0) is 4.79 Å². The van der Waals surface area contributed by atoms with Crippen LogP contribution < -0.4 is 5.73 Å². The quantitative estimate of drug-likeness (QED) is 0.924. The van der Waals surface area contributed by atoms with Gasteiger partial charge in [0.2, 0.25) is 5.91 Å². The van der Waals surface area contributed by atoms with E-state index in [1.165, 1.54) is 12.0 Å². The van der Waals surface area contributed by atoms with E-state index in [2.05, 4.69) is 21.7 Å². The van der Waals surface area contributed by atoms with Crippen LogP contribution in [0.2, 0.25) is 0 Å². The lowest BCUT2D eigenvalue weighted by molar-refractivity contribution is -0.133. The van der Waals surface area contributed by atoms with Crippen LogP contribution >= 0.6 is 11.3 Å². The second-order valence-corrected chi connectivity index (χ2v) is 6.64. The van der Waals surface area contributed by atoms with Crippen molar-refractivity contribution in [2.24, 2.45) is 11.7 Å². The number of rotatable bonds is 3. The molecule has 4 heteroatoms. The van der Waals surface area contributed by atoms with E-state index in [0.717, 1.165) is 32.2 Å². The Morgan fingerprint density at radius 1 is 1.37 bits per heavy atom. The van der Waals surface area contributed by atoms with Crippen molar-refractivity contribution in [3.8, 4) is 0 Å². The molecule has 1 aromatic rings. The normalized spacial score (nSPS) is 31.0. The molecule has 2 N–H and O–H groups in total. The first-order valence-electron chi connectivity index (χ1n) is 7.33. The molecule has 19 heavy (non-hydrogen) atoms. The Hall–Kier alpha value is -0.870. The molecule has 0 bridgehead atoms. The van der Waals surface area contributed by atoms with Crippen LogP contribution in [0.15, 0.2) is 16.8 Å². The Labute approximate surface area is 118 Å². The third kappa shape index (κ3) is 2.70. The number of carbonyl (C=O) groups excluding carboxylic acids is 1. The van der Waals surface area contributed by atoms with Crippen molar-refractivity contribution in [3.63, 3.8) is 0 Å². The summed E-state index contributed by atoms with van der Waals surface area (Å²) in [4.78, 5) is 14.6. The molecule has 0 aromatic carbocycles. The van der Waals surface area contributed by atoms with E-state index in [0.29, 0.717) is 24.3 Å². The first-order chi connectivity index (χ1) is 9.25. The Bertz CT molecular complexity index is 431. The van der Waals surface area contributed by atoms with Crippen molar-refractivity contribution in [2.75, 3.05) is 6.54 Å². The van der Waals surface area contributed by atoms with E-state index in [-0.39, 0.29) is 6.04 Å². The van der Waals surface area contributed by atoms with E-state index >= 15 is 0 Å². The predicted molar refractivity (Wildman–Crippen MR) is 77.9 cm³/mol. The van der Waals surface area contributed by atoms with Gasteiger partial charge < -0.3 is 10.6 Å². The SMILES string of the molecule is N[C@@H]1CCC[C@H]1CC(=O)N1CCCC1c1ccsc1. The number of nitrogens with zero attached hydrogens (tertiary/aromatic N) is 1. The second-order valence-electron chi connectivity index (χ2n) is 5.86. The lowest BCUT2D eigenvalue weighted by Gasteiger charge is -2.26. The molecule has 2 aliphatic rings. The van der Waals surface area contributed by atoms with E-state index in [9.17, 15) is 4.79 Å². The molecule has 2 heterocycles. The molecule has 104 valence electrons. The van der Waals surface area contributed by atoms with Crippen molar-refractivity contribution in [1.82, 2.24) is 4.90 Å². The molecule has 1 saturated carbocycles. The average molecular weight is 278 g/mol. The zero-order valence-corrected chi connectivity index (χ0v) is 12.1. The fraction of sp³-hybridized carbons (Fsp3) is 0.667. The van der Waals surface area contributed by atoms with Crippen LogP contribution in [-0.4, -0.2) is 23.4 Å². The highest BCUT2D eigenvalue weighted by Crippen LogP contribution is 2.35. The minimum absolute atomic E-state index is 0.242. The van der Waals surface area contributed by atoms with E-state index in [1.54, 1.807) is 11.3 Å². The molecule has 1 saturated heterocycles. The number of likely N-dealkylation sites (tertiary alicyclic amines) is 1. The summed E-state index contributed by atoms with van der Waals surface area (Å²) < 4.78 is 0. The third-order valence-corrected chi connectivity index (χ3v) is 5.36. The molecule has 1 aliphatic carbocycles. The molecule has 1 amide bonds. The van der Waals surface area contributed by atoms with Gasteiger partial charge in [-0.3, -0.25) is 4.79 Å². The number of thiophene rings is 1. The monoisotopic (exact) mass is 278 g/mol. The third-order valence-electron chi connectivity index (χ3n) is 4.66. The first-order valence-corrected chi connectivity index (χ1v) is 8.27. The fourth-order valence-corrected chi connectivity index (χ4v) is 4.24. The van der Waals surface area contributed by atoms with Gasteiger partial charge >= 0.3 is 0 Å². The van der Waals surface area contributed by atoms with E-state index in [4.69, 9.17) is 5.73 Å². The first kappa shape index (κ1) is 13.1. The van der Waals surface area contributed by atoms with E-state index in [1.807, 2.05) is 0 Å².